The van der Waals surface area contributed by atoms with Crippen molar-refractivity contribution in [2.75, 3.05) is 37.7 Å². The Kier molecular flexibility index (Phi) is 5.85. The van der Waals surface area contributed by atoms with E-state index in [4.69, 9.17) is 10.5 Å². The van der Waals surface area contributed by atoms with Crippen LogP contribution in [0.3, 0.4) is 0 Å². The average molecular weight is 264 g/mol. The first-order chi connectivity index (χ1) is 7.94. The third kappa shape index (κ3) is 5.33. The molecule has 1 fully saturated rings. The molecule has 0 aromatic rings. The van der Waals surface area contributed by atoms with E-state index in [-0.39, 0.29) is 23.7 Å². The molecule has 1 aliphatic heterocycles. The van der Waals surface area contributed by atoms with Crippen LogP contribution < -0.4 is 5.73 Å². The largest absolute Gasteiger partial charge is 0.374 e. The number of sulfone groups is 1. The number of nitrogens with two attached hydrogens (primary N) is 1. The standard InChI is InChI=1S/C11H24N2O3S/c1-3-7-17(14,15)8-5-13-4-6-16-11(9-13)10(2)12/h10-11H,3-9,12H2,1-2H3. The molecule has 0 bridgehead atoms. The average Bonchev–Trinajstić information content (AvgIpc) is 2.27. The molecule has 6 heteroatoms. The highest BCUT2D eigenvalue weighted by atomic mass is 32.2. The molecule has 0 radical (unpaired) electrons. The van der Waals surface area contributed by atoms with Gasteiger partial charge in [-0.3, -0.25) is 4.90 Å². The molecule has 0 aromatic heterocycles. The summed E-state index contributed by atoms with van der Waals surface area (Å²) >= 11 is 0. The second kappa shape index (κ2) is 6.68. The molecule has 102 valence electrons. The van der Waals surface area contributed by atoms with E-state index in [1.807, 2.05) is 13.8 Å². The van der Waals surface area contributed by atoms with Crippen LogP contribution >= 0.6 is 0 Å². The van der Waals surface area contributed by atoms with Crippen LogP contribution in [0.4, 0.5) is 0 Å². The minimum Gasteiger partial charge on any atom is -0.374 e. The van der Waals surface area contributed by atoms with Crippen molar-refractivity contribution in [3.8, 4) is 0 Å². The molecule has 17 heavy (non-hydrogen) atoms. The van der Waals surface area contributed by atoms with Crippen molar-refractivity contribution < 1.29 is 13.2 Å². The third-order valence-electron chi connectivity index (χ3n) is 3.00. The Morgan fingerprint density at radius 3 is 2.76 bits per heavy atom. The van der Waals surface area contributed by atoms with Crippen molar-refractivity contribution in [2.45, 2.75) is 32.4 Å². The van der Waals surface area contributed by atoms with Crippen molar-refractivity contribution >= 4 is 9.84 Å². The Morgan fingerprint density at radius 1 is 1.47 bits per heavy atom. The lowest BCUT2D eigenvalue weighted by Crippen LogP contribution is -2.50. The van der Waals surface area contributed by atoms with Crippen LogP contribution in [0, 0.1) is 0 Å². The molecule has 0 spiro atoms. The van der Waals surface area contributed by atoms with Gasteiger partial charge in [-0.2, -0.15) is 0 Å². The second-order valence-electron chi connectivity index (χ2n) is 4.72. The van der Waals surface area contributed by atoms with E-state index in [0.29, 0.717) is 19.6 Å². The van der Waals surface area contributed by atoms with Gasteiger partial charge in [-0.1, -0.05) is 6.92 Å². The van der Waals surface area contributed by atoms with Gasteiger partial charge in [-0.25, -0.2) is 8.42 Å². The van der Waals surface area contributed by atoms with E-state index in [1.165, 1.54) is 0 Å². The summed E-state index contributed by atoms with van der Waals surface area (Å²) < 4.78 is 28.7. The fraction of sp³-hybridized carbons (Fsp3) is 1.00. The van der Waals surface area contributed by atoms with Gasteiger partial charge in [0.05, 0.1) is 18.5 Å². The molecule has 0 amide bonds. The molecule has 2 atom stereocenters. The monoisotopic (exact) mass is 264 g/mol. The first-order valence-corrected chi connectivity index (χ1v) is 8.06. The van der Waals surface area contributed by atoms with Gasteiger partial charge in [0.2, 0.25) is 0 Å². The summed E-state index contributed by atoms with van der Waals surface area (Å²) in [5.41, 5.74) is 5.79. The van der Waals surface area contributed by atoms with Crippen LogP contribution in [-0.4, -0.2) is 63.2 Å². The lowest BCUT2D eigenvalue weighted by molar-refractivity contribution is -0.0356. The summed E-state index contributed by atoms with van der Waals surface area (Å²) in [4.78, 5) is 2.13. The summed E-state index contributed by atoms with van der Waals surface area (Å²) in [5, 5.41) is 0. The van der Waals surface area contributed by atoms with Crippen LogP contribution in [0.15, 0.2) is 0 Å². The van der Waals surface area contributed by atoms with Crippen LogP contribution in [0.2, 0.25) is 0 Å². The van der Waals surface area contributed by atoms with Gasteiger partial charge in [0.25, 0.3) is 0 Å². The quantitative estimate of drug-likeness (QED) is 0.723. The Balaban J connectivity index is 2.37. The third-order valence-corrected chi connectivity index (χ3v) is 4.83. The Bertz CT molecular complexity index is 317. The van der Waals surface area contributed by atoms with E-state index in [9.17, 15) is 8.42 Å². The first-order valence-electron chi connectivity index (χ1n) is 6.24. The summed E-state index contributed by atoms with van der Waals surface area (Å²) in [6.45, 7) is 6.57. The predicted molar refractivity (Wildman–Crippen MR) is 68.8 cm³/mol. The highest BCUT2D eigenvalue weighted by Crippen LogP contribution is 2.08. The first kappa shape index (κ1) is 14.9. The Hall–Kier alpha value is -0.170. The fourth-order valence-electron chi connectivity index (χ4n) is 1.93. The highest BCUT2D eigenvalue weighted by Gasteiger charge is 2.24. The van der Waals surface area contributed by atoms with Gasteiger partial charge in [-0.05, 0) is 13.3 Å². The van der Waals surface area contributed by atoms with Gasteiger partial charge < -0.3 is 10.5 Å². The van der Waals surface area contributed by atoms with Gasteiger partial charge in [-0.15, -0.1) is 0 Å². The number of hydrogen-bond donors (Lipinski definition) is 1. The smallest absolute Gasteiger partial charge is 0.151 e. The number of ether oxygens (including phenoxy) is 1. The van der Waals surface area contributed by atoms with Gasteiger partial charge in [0.15, 0.2) is 9.84 Å². The molecular weight excluding hydrogens is 240 g/mol. The molecule has 1 saturated heterocycles. The van der Waals surface area contributed by atoms with E-state index in [2.05, 4.69) is 4.90 Å². The lowest BCUT2D eigenvalue weighted by Gasteiger charge is -2.34. The number of nitrogens with zero attached hydrogens (tertiary/aromatic N) is 1. The molecule has 2 unspecified atom stereocenters. The van der Waals surface area contributed by atoms with E-state index < -0.39 is 9.84 Å². The number of morpholine rings is 1. The SMILES string of the molecule is CCCS(=O)(=O)CCN1CCOC(C(C)N)C1. The maximum Gasteiger partial charge on any atom is 0.151 e. The van der Waals surface area contributed by atoms with Crippen molar-refractivity contribution in [2.24, 2.45) is 5.73 Å². The zero-order valence-corrected chi connectivity index (χ0v) is 11.6. The summed E-state index contributed by atoms with van der Waals surface area (Å²) in [6.07, 6.45) is 0.714. The minimum atomic E-state index is -2.88. The molecule has 1 rings (SSSR count). The van der Waals surface area contributed by atoms with E-state index in [1.54, 1.807) is 0 Å². The molecule has 1 heterocycles. The maximum absolute atomic E-state index is 11.6. The van der Waals surface area contributed by atoms with Crippen molar-refractivity contribution in [1.29, 1.82) is 0 Å². The molecule has 0 aliphatic carbocycles. The normalized spacial score (nSPS) is 24.8. The Morgan fingerprint density at radius 2 is 2.18 bits per heavy atom. The minimum absolute atomic E-state index is 0.00921. The molecule has 0 aromatic carbocycles. The summed E-state index contributed by atoms with van der Waals surface area (Å²) in [6, 6.07) is -0.00921. The predicted octanol–water partition coefficient (Wildman–Crippen LogP) is -0.141. The van der Waals surface area contributed by atoms with Crippen LogP contribution in [0.25, 0.3) is 0 Å². The topological polar surface area (TPSA) is 72.6 Å². The lowest BCUT2D eigenvalue weighted by atomic mass is 10.1. The number of rotatable bonds is 6. The van der Waals surface area contributed by atoms with Crippen molar-refractivity contribution in [3.63, 3.8) is 0 Å². The van der Waals surface area contributed by atoms with Crippen LogP contribution in [0.5, 0.6) is 0 Å². The maximum atomic E-state index is 11.6. The highest BCUT2D eigenvalue weighted by molar-refractivity contribution is 7.91. The molecule has 0 saturated carbocycles. The molecule has 1 aliphatic rings. The summed E-state index contributed by atoms with van der Waals surface area (Å²) in [7, 11) is -2.88. The molecule has 5 nitrogen and oxygen atoms in total. The molecular formula is C11H24N2O3S. The zero-order chi connectivity index (χ0) is 12.9. The summed E-state index contributed by atoms with van der Waals surface area (Å²) in [5.74, 6) is 0.528. The van der Waals surface area contributed by atoms with E-state index in [0.717, 1.165) is 13.1 Å². The Labute approximate surface area is 104 Å². The van der Waals surface area contributed by atoms with Crippen LogP contribution in [-0.2, 0) is 14.6 Å². The fourth-order valence-corrected chi connectivity index (χ4v) is 3.30. The molecule has 2 N–H and O–H groups in total. The number of hydrogen-bond acceptors (Lipinski definition) is 5. The van der Waals surface area contributed by atoms with Crippen molar-refractivity contribution in [3.05, 3.63) is 0 Å². The zero-order valence-electron chi connectivity index (χ0n) is 10.8. The van der Waals surface area contributed by atoms with Gasteiger partial charge in [0.1, 0.15) is 0 Å². The second-order valence-corrected chi connectivity index (χ2v) is 7.02. The van der Waals surface area contributed by atoms with E-state index >= 15 is 0 Å². The van der Waals surface area contributed by atoms with Gasteiger partial charge >= 0.3 is 0 Å². The van der Waals surface area contributed by atoms with Crippen molar-refractivity contribution in [1.82, 2.24) is 4.90 Å². The van der Waals surface area contributed by atoms with Gasteiger partial charge in [0, 0.05) is 31.4 Å². The van der Waals surface area contributed by atoms with Crippen LogP contribution in [0.1, 0.15) is 20.3 Å².